The van der Waals surface area contributed by atoms with Gasteiger partial charge >= 0.3 is 0 Å². The Morgan fingerprint density at radius 1 is 1.48 bits per heavy atom. The van der Waals surface area contributed by atoms with Gasteiger partial charge < -0.3 is 4.74 Å². The van der Waals surface area contributed by atoms with Crippen LogP contribution in [0.4, 0.5) is 0 Å². The number of carbonyl (C=O) groups is 1. The van der Waals surface area contributed by atoms with Crippen molar-refractivity contribution in [3.8, 4) is 0 Å². The Morgan fingerprint density at radius 3 is 2.76 bits per heavy atom. The standard InChI is InChI=1S/C16H25N3O2/c1-12(16(20)18-17)14-7-5-13(6-8-14)10-19(2)11-15-4-3-9-21-15/h5-8,12,15H,3-4,9-11,17H2,1-2H3,(H,18,20). The molecule has 0 aromatic heterocycles. The van der Waals surface area contributed by atoms with E-state index in [-0.39, 0.29) is 11.8 Å². The second-order valence-corrected chi connectivity index (χ2v) is 5.80. The molecule has 1 fully saturated rings. The molecule has 116 valence electrons. The number of carbonyl (C=O) groups excluding carboxylic acids is 1. The second kappa shape index (κ2) is 7.54. The monoisotopic (exact) mass is 291 g/mol. The summed E-state index contributed by atoms with van der Waals surface area (Å²) in [5.74, 6) is 4.77. The first-order valence-corrected chi connectivity index (χ1v) is 7.49. The zero-order valence-electron chi connectivity index (χ0n) is 12.8. The van der Waals surface area contributed by atoms with Crippen LogP contribution in [0, 0.1) is 0 Å². The van der Waals surface area contributed by atoms with Gasteiger partial charge in [0, 0.05) is 19.7 Å². The fourth-order valence-corrected chi connectivity index (χ4v) is 2.70. The molecule has 1 heterocycles. The van der Waals surface area contributed by atoms with E-state index >= 15 is 0 Å². The summed E-state index contributed by atoms with van der Waals surface area (Å²) in [6, 6.07) is 8.13. The third-order valence-electron chi connectivity index (χ3n) is 4.01. The molecule has 2 atom stereocenters. The number of amides is 1. The number of rotatable bonds is 6. The highest BCUT2D eigenvalue weighted by Crippen LogP contribution is 2.17. The van der Waals surface area contributed by atoms with Crippen molar-refractivity contribution in [1.29, 1.82) is 0 Å². The molecule has 5 nitrogen and oxygen atoms in total. The van der Waals surface area contributed by atoms with E-state index in [1.54, 1.807) is 0 Å². The molecular weight excluding hydrogens is 266 g/mol. The van der Waals surface area contributed by atoms with Gasteiger partial charge in [0.05, 0.1) is 12.0 Å². The Bertz CT molecular complexity index is 455. The molecule has 0 bridgehead atoms. The van der Waals surface area contributed by atoms with Crippen molar-refractivity contribution in [2.45, 2.75) is 38.3 Å². The molecule has 3 N–H and O–H groups in total. The van der Waals surface area contributed by atoms with Crippen molar-refractivity contribution in [3.63, 3.8) is 0 Å². The van der Waals surface area contributed by atoms with Crippen LogP contribution in [0.3, 0.4) is 0 Å². The van der Waals surface area contributed by atoms with Crippen LogP contribution in [0.2, 0.25) is 0 Å². The van der Waals surface area contributed by atoms with E-state index in [4.69, 9.17) is 10.6 Å². The van der Waals surface area contributed by atoms with Gasteiger partial charge in [-0.3, -0.25) is 15.1 Å². The maximum Gasteiger partial charge on any atom is 0.241 e. The molecule has 0 radical (unpaired) electrons. The maximum atomic E-state index is 11.5. The third kappa shape index (κ3) is 4.52. The van der Waals surface area contributed by atoms with Crippen molar-refractivity contribution in [2.24, 2.45) is 5.84 Å². The molecular formula is C16H25N3O2. The summed E-state index contributed by atoms with van der Waals surface area (Å²) in [5.41, 5.74) is 4.40. The largest absolute Gasteiger partial charge is 0.377 e. The lowest BCUT2D eigenvalue weighted by Crippen LogP contribution is -2.33. The number of nitrogens with one attached hydrogen (secondary N) is 1. The molecule has 1 aromatic carbocycles. The van der Waals surface area contributed by atoms with Crippen LogP contribution < -0.4 is 11.3 Å². The van der Waals surface area contributed by atoms with Gasteiger partial charge in [0.25, 0.3) is 0 Å². The highest BCUT2D eigenvalue weighted by atomic mass is 16.5. The molecule has 1 aliphatic rings. The number of benzene rings is 1. The molecule has 0 aliphatic carbocycles. The molecule has 0 spiro atoms. The minimum absolute atomic E-state index is 0.168. The van der Waals surface area contributed by atoms with E-state index in [0.717, 1.165) is 31.7 Å². The van der Waals surface area contributed by atoms with Crippen molar-refractivity contribution in [1.82, 2.24) is 10.3 Å². The first kappa shape index (κ1) is 15.9. The SMILES string of the molecule is CC(C(=O)NN)c1ccc(CN(C)CC2CCCO2)cc1. The van der Waals surface area contributed by atoms with Crippen LogP contribution >= 0.6 is 0 Å². The fourth-order valence-electron chi connectivity index (χ4n) is 2.70. The Balaban J connectivity index is 1.88. The molecule has 1 saturated heterocycles. The lowest BCUT2D eigenvalue weighted by Gasteiger charge is -2.20. The zero-order valence-corrected chi connectivity index (χ0v) is 12.8. The number of hydrogen-bond acceptors (Lipinski definition) is 4. The average Bonchev–Trinajstić information content (AvgIpc) is 2.99. The molecule has 2 unspecified atom stereocenters. The average molecular weight is 291 g/mol. The van der Waals surface area contributed by atoms with Crippen LogP contribution in [0.15, 0.2) is 24.3 Å². The number of nitrogens with two attached hydrogens (primary N) is 1. The van der Waals surface area contributed by atoms with Gasteiger partial charge in [-0.15, -0.1) is 0 Å². The molecule has 1 aromatic rings. The number of hydrazine groups is 1. The minimum Gasteiger partial charge on any atom is -0.377 e. The van der Waals surface area contributed by atoms with Crippen LogP contribution in [-0.4, -0.2) is 37.1 Å². The van der Waals surface area contributed by atoms with Gasteiger partial charge in [-0.05, 0) is 37.9 Å². The Hall–Kier alpha value is -1.43. The maximum absolute atomic E-state index is 11.5. The summed E-state index contributed by atoms with van der Waals surface area (Å²) < 4.78 is 5.65. The van der Waals surface area contributed by atoms with Gasteiger partial charge in [0.1, 0.15) is 0 Å². The summed E-state index contributed by atoms with van der Waals surface area (Å²) >= 11 is 0. The summed E-state index contributed by atoms with van der Waals surface area (Å²) in [4.78, 5) is 13.8. The van der Waals surface area contributed by atoms with E-state index in [9.17, 15) is 4.79 Å². The lowest BCUT2D eigenvalue weighted by molar-refractivity contribution is -0.122. The van der Waals surface area contributed by atoms with Crippen molar-refractivity contribution in [2.75, 3.05) is 20.2 Å². The number of nitrogens with zero attached hydrogens (tertiary/aromatic N) is 1. The molecule has 1 amide bonds. The molecule has 2 rings (SSSR count). The van der Waals surface area contributed by atoms with Crippen LogP contribution in [0.1, 0.15) is 36.8 Å². The molecule has 21 heavy (non-hydrogen) atoms. The highest BCUT2D eigenvalue weighted by Gasteiger charge is 2.17. The zero-order chi connectivity index (χ0) is 15.2. The Labute approximate surface area is 126 Å². The van der Waals surface area contributed by atoms with Gasteiger partial charge in [-0.25, -0.2) is 5.84 Å². The lowest BCUT2D eigenvalue weighted by atomic mass is 9.99. The Kier molecular flexibility index (Phi) is 5.73. The summed E-state index contributed by atoms with van der Waals surface area (Å²) in [6.07, 6.45) is 2.71. The van der Waals surface area contributed by atoms with E-state index in [1.807, 2.05) is 19.1 Å². The van der Waals surface area contributed by atoms with E-state index in [2.05, 4.69) is 29.5 Å². The molecule has 1 aliphatic heterocycles. The topological polar surface area (TPSA) is 67.6 Å². The second-order valence-electron chi connectivity index (χ2n) is 5.80. The molecule has 5 heteroatoms. The van der Waals surface area contributed by atoms with E-state index in [1.165, 1.54) is 12.0 Å². The predicted octanol–water partition coefficient (Wildman–Crippen LogP) is 1.39. The summed E-state index contributed by atoms with van der Waals surface area (Å²) in [6.45, 7) is 4.60. The first-order valence-electron chi connectivity index (χ1n) is 7.49. The number of hydrogen-bond donors (Lipinski definition) is 2. The number of likely N-dealkylation sites (N-methyl/N-ethyl adjacent to an activating group) is 1. The molecule has 0 saturated carbocycles. The normalized spacial score (nSPS) is 19.7. The van der Waals surface area contributed by atoms with Gasteiger partial charge in [0.2, 0.25) is 5.91 Å². The van der Waals surface area contributed by atoms with Gasteiger partial charge in [0.15, 0.2) is 0 Å². The van der Waals surface area contributed by atoms with Crippen LogP contribution in [-0.2, 0) is 16.1 Å². The quantitative estimate of drug-likeness (QED) is 0.472. The smallest absolute Gasteiger partial charge is 0.241 e. The predicted molar refractivity (Wildman–Crippen MR) is 82.5 cm³/mol. The number of ether oxygens (including phenoxy) is 1. The van der Waals surface area contributed by atoms with Crippen molar-refractivity contribution < 1.29 is 9.53 Å². The third-order valence-corrected chi connectivity index (χ3v) is 4.01. The first-order chi connectivity index (χ1) is 10.1. The highest BCUT2D eigenvalue weighted by molar-refractivity contribution is 5.82. The van der Waals surface area contributed by atoms with Crippen LogP contribution in [0.25, 0.3) is 0 Å². The Morgan fingerprint density at radius 2 is 2.19 bits per heavy atom. The van der Waals surface area contributed by atoms with Gasteiger partial charge in [-0.1, -0.05) is 24.3 Å². The minimum atomic E-state index is -0.228. The summed E-state index contributed by atoms with van der Waals surface area (Å²) in [7, 11) is 2.11. The van der Waals surface area contributed by atoms with Crippen molar-refractivity contribution >= 4 is 5.91 Å². The van der Waals surface area contributed by atoms with Gasteiger partial charge in [-0.2, -0.15) is 0 Å². The summed E-state index contributed by atoms with van der Waals surface area (Å²) in [5, 5.41) is 0. The van der Waals surface area contributed by atoms with Crippen molar-refractivity contribution in [3.05, 3.63) is 35.4 Å². The van der Waals surface area contributed by atoms with E-state index in [0.29, 0.717) is 6.10 Å². The fraction of sp³-hybridized carbons (Fsp3) is 0.562. The van der Waals surface area contributed by atoms with Crippen LogP contribution in [0.5, 0.6) is 0 Å². The van der Waals surface area contributed by atoms with E-state index < -0.39 is 0 Å².